The molecule has 18 heavy (non-hydrogen) atoms. The molecule has 6 heteroatoms. The Labute approximate surface area is 104 Å². The Bertz CT molecular complexity index is 554. The van der Waals surface area contributed by atoms with Gasteiger partial charge in [-0.15, -0.1) is 5.10 Å². The second-order valence-corrected chi connectivity index (χ2v) is 3.68. The largest absolute Gasteiger partial charge is 0.467 e. The molecule has 0 saturated heterocycles. The molecule has 0 spiro atoms. The van der Waals surface area contributed by atoms with E-state index < -0.39 is 12.0 Å². The van der Waals surface area contributed by atoms with Crippen LogP contribution in [0.15, 0.2) is 30.5 Å². The molecule has 2 N–H and O–H groups in total. The number of aromatic nitrogens is 2. The average molecular weight is 247 g/mol. The van der Waals surface area contributed by atoms with Crippen LogP contribution >= 0.6 is 0 Å². The van der Waals surface area contributed by atoms with Gasteiger partial charge >= 0.3 is 5.97 Å². The zero-order valence-corrected chi connectivity index (χ0v) is 9.83. The van der Waals surface area contributed by atoms with E-state index in [1.165, 1.54) is 7.11 Å². The maximum absolute atomic E-state index is 11.4. The van der Waals surface area contributed by atoms with Crippen LogP contribution in [0.5, 0.6) is 0 Å². The van der Waals surface area contributed by atoms with Gasteiger partial charge in [-0.1, -0.05) is 24.3 Å². The van der Waals surface area contributed by atoms with Gasteiger partial charge in [0, 0.05) is 10.8 Å². The minimum atomic E-state index is -0.852. The number of nitrogens with one attached hydrogen (secondary N) is 1. The quantitative estimate of drug-likeness (QED) is 0.769. The van der Waals surface area contributed by atoms with Crippen LogP contribution in [0.2, 0.25) is 0 Å². The van der Waals surface area contributed by atoms with Crippen molar-refractivity contribution >= 4 is 22.6 Å². The first-order valence-corrected chi connectivity index (χ1v) is 5.42. The molecule has 1 aromatic heterocycles. The highest BCUT2D eigenvalue weighted by molar-refractivity contribution is 5.92. The van der Waals surface area contributed by atoms with Crippen LogP contribution in [0.25, 0.3) is 10.8 Å². The Hall–Kier alpha value is -2.21. The molecule has 6 nitrogen and oxygen atoms in total. The number of benzene rings is 1. The molecule has 94 valence electrons. The molecule has 0 fully saturated rings. The lowest BCUT2D eigenvalue weighted by molar-refractivity contribution is -0.142. The van der Waals surface area contributed by atoms with Gasteiger partial charge in [-0.3, -0.25) is 0 Å². The molecular formula is C12H13N3O3. The zero-order chi connectivity index (χ0) is 13.0. The first-order chi connectivity index (χ1) is 8.76. The summed E-state index contributed by atoms with van der Waals surface area (Å²) in [4.78, 5) is 11.4. The Morgan fingerprint density at radius 2 is 2.28 bits per heavy atom. The number of methoxy groups -OCH3 is 1. The van der Waals surface area contributed by atoms with Gasteiger partial charge in [-0.25, -0.2) is 4.79 Å². The topological polar surface area (TPSA) is 84.3 Å². The molecule has 0 amide bonds. The summed E-state index contributed by atoms with van der Waals surface area (Å²) in [5.41, 5.74) is 0. The van der Waals surface area contributed by atoms with Crippen molar-refractivity contribution in [3.8, 4) is 0 Å². The van der Waals surface area contributed by atoms with Crippen molar-refractivity contribution in [3.05, 3.63) is 30.5 Å². The van der Waals surface area contributed by atoms with Gasteiger partial charge in [-0.2, -0.15) is 5.10 Å². The lowest BCUT2D eigenvalue weighted by Crippen LogP contribution is -2.34. The monoisotopic (exact) mass is 247 g/mol. The summed E-state index contributed by atoms with van der Waals surface area (Å²) in [7, 11) is 1.27. The van der Waals surface area contributed by atoms with Crippen LogP contribution in [-0.4, -0.2) is 41.0 Å². The Morgan fingerprint density at radius 3 is 3.00 bits per heavy atom. The highest BCUT2D eigenvalue weighted by atomic mass is 16.5. The second kappa shape index (κ2) is 5.42. The highest BCUT2D eigenvalue weighted by Gasteiger charge is 2.19. The molecule has 1 unspecified atom stereocenters. The van der Waals surface area contributed by atoms with Crippen LogP contribution in [0.3, 0.4) is 0 Å². The van der Waals surface area contributed by atoms with Crippen molar-refractivity contribution in [2.45, 2.75) is 6.04 Å². The van der Waals surface area contributed by atoms with E-state index in [9.17, 15) is 4.79 Å². The van der Waals surface area contributed by atoms with E-state index in [1.54, 1.807) is 6.20 Å². The van der Waals surface area contributed by atoms with Gasteiger partial charge in [0.05, 0.1) is 19.9 Å². The predicted molar refractivity (Wildman–Crippen MR) is 66.1 cm³/mol. The van der Waals surface area contributed by atoms with Crippen molar-refractivity contribution in [2.24, 2.45) is 0 Å². The number of carbonyl (C=O) groups is 1. The van der Waals surface area contributed by atoms with E-state index in [-0.39, 0.29) is 6.61 Å². The van der Waals surface area contributed by atoms with Gasteiger partial charge in [0.25, 0.3) is 0 Å². The number of hydrogen-bond acceptors (Lipinski definition) is 6. The number of aliphatic hydroxyl groups excluding tert-OH is 1. The normalized spacial score (nSPS) is 12.1. The molecule has 1 aromatic carbocycles. The van der Waals surface area contributed by atoms with Gasteiger partial charge in [-0.05, 0) is 0 Å². The highest BCUT2D eigenvalue weighted by Crippen LogP contribution is 2.19. The van der Waals surface area contributed by atoms with Crippen LogP contribution in [0.4, 0.5) is 5.82 Å². The predicted octanol–water partition coefficient (Wildman–Crippen LogP) is 0.576. The number of esters is 1. The summed E-state index contributed by atoms with van der Waals surface area (Å²) in [5.74, 6) is -0.107. The standard InChI is InChI=1S/C12H13N3O3/c1-18-12(17)10(7-16)14-11-9-5-3-2-4-8(9)6-13-15-11/h2-6,10,16H,7H2,1H3,(H,14,15). The first kappa shape index (κ1) is 12.3. The van der Waals surface area contributed by atoms with E-state index in [4.69, 9.17) is 5.11 Å². The average Bonchev–Trinajstić information content (AvgIpc) is 2.44. The molecule has 0 aliphatic carbocycles. The van der Waals surface area contributed by atoms with E-state index in [1.807, 2.05) is 24.3 Å². The van der Waals surface area contributed by atoms with Gasteiger partial charge < -0.3 is 15.2 Å². The molecule has 2 rings (SSSR count). The van der Waals surface area contributed by atoms with E-state index in [0.29, 0.717) is 5.82 Å². The SMILES string of the molecule is COC(=O)C(CO)Nc1nncc2ccccc12. The van der Waals surface area contributed by atoms with Crippen LogP contribution < -0.4 is 5.32 Å². The van der Waals surface area contributed by atoms with Gasteiger partial charge in [0.1, 0.15) is 6.04 Å². The van der Waals surface area contributed by atoms with Gasteiger partial charge in [0.2, 0.25) is 0 Å². The van der Waals surface area contributed by atoms with Crippen LogP contribution in [-0.2, 0) is 9.53 Å². The van der Waals surface area contributed by atoms with Crippen LogP contribution in [0, 0.1) is 0 Å². The lowest BCUT2D eigenvalue weighted by atomic mass is 10.2. The summed E-state index contributed by atoms with van der Waals surface area (Å²) < 4.78 is 4.58. The Balaban J connectivity index is 2.33. The summed E-state index contributed by atoms with van der Waals surface area (Å²) in [5, 5.41) is 21.5. The zero-order valence-electron chi connectivity index (χ0n) is 9.83. The summed E-state index contributed by atoms with van der Waals surface area (Å²) >= 11 is 0. The number of rotatable bonds is 4. The van der Waals surface area contributed by atoms with E-state index >= 15 is 0 Å². The summed E-state index contributed by atoms with van der Waals surface area (Å²) in [6, 6.07) is 6.65. The van der Waals surface area contributed by atoms with Crippen LogP contribution in [0.1, 0.15) is 0 Å². The summed E-state index contributed by atoms with van der Waals surface area (Å²) in [6.07, 6.45) is 1.63. The van der Waals surface area contributed by atoms with Crippen molar-refractivity contribution in [1.82, 2.24) is 10.2 Å². The fourth-order valence-corrected chi connectivity index (χ4v) is 1.62. The molecule has 2 aromatic rings. The molecule has 0 aliphatic heterocycles. The third-order valence-corrected chi connectivity index (χ3v) is 2.55. The number of anilines is 1. The number of nitrogens with zero attached hydrogens (tertiary/aromatic N) is 2. The smallest absolute Gasteiger partial charge is 0.330 e. The fourth-order valence-electron chi connectivity index (χ4n) is 1.62. The van der Waals surface area contributed by atoms with Crippen molar-refractivity contribution in [1.29, 1.82) is 0 Å². The van der Waals surface area contributed by atoms with E-state index in [0.717, 1.165) is 10.8 Å². The summed E-state index contributed by atoms with van der Waals surface area (Å²) in [6.45, 7) is -0.377. The number of aliphatic hydroxyl groups is 1. The molecule has 0 aliphatic rings. The fraction of sp³-hybridized carbons (Fsp3) is 0.250. The molecule has 1 atom stereocenters. The number of fused-ring (bicyclic) bond motifs is 1. The van der Waals surface area contributed by atoms with Crippen molar-refractivity contribution in [3.63, 3.8) is 0 Å². The maximum Gasteiger partial charge on any atom is 0.330 e. The van der Waals surface area contributed by atoms with Gasteiger partial charge in [0.15, 0.2) is 5.82 Å². The lowest BCUT2D eigenvalue weighted by Gasteiger charge is -2.15. The third kappa shape index (κ3) is 2.38. The third-order valence-electron chi connectivity index (χ3n) is 2.55. The van der Waals surface area contributed by atoms with E-state index in [2.05, 4.69) is 20.3 Å². The molecular weight excluding hydrogens is 234 g/mol. The first-order valence-electron chi connectivity index (χ1n) is 5.42. The molecule has 0 saturated carbocycles. The minimum absolute atomic E-state index is 0.377. The molecule has 0 radical (unpaired) electrons. The maximum atomic E-state index is 11.4. The van der Waals surface area contributed by atoms with Crippen molar-refractivity contribution < 1.29 is 14.6 Å². The second-order valence-electron chi connectivity index (χ2n) is 3.68. The number of carbonyl (C=O) groups excluding carboxylic acids is 1. The molecule has 0 bridgehead atoms. The Kier molecular flexibility index (Phi) is 3.69. The minimum Gasteiger partial charge on any atom is -0.467 e. The number of hydrogen-bond donors (Lipinski definition) is 2. The Morgan fingerprint density at radius 1 is 1.50 bits per heavy atom. The number of ether oxygens (including phenoxy) is 1. The molecule has 1 heterocycles. The van der Waals surface area contributed by atoms with Crippen molar-refractivity contribution in [2.75, 3.05) is 19.0 Å².